The van der Waals surface area contributed by atoms with Crippen LogP contribution >= 0.6 is 12.2 Å². The van der Waals surface area contributed by atoms with Gasteiger partial charge in [0.1, 0.15) is 5.82 Å². The third-order valence-electron chi connectivity index (χ3n) is 7.96. The van der Waals surface area contributed by atoms with E-state index in [4.69, 9.17) is 0 Å². The molecule has 2 nitrogen and oxygen atoms in total. The lowest BCUT2D eigenvalue weighted by Gasteiger charge is -2.24. The summed E-state index contributed by atoms with van der Waals surface area (Å²) in [5.41, 5.74) is 8.48. The molecule has 0 aromatic heterocycles. The van der Waals surface area contributed by atoms with Gasteiger partial charge in [-0.15, -0.1) is 0 Å². The third-order valence-corrected chi connectivity index (χ3v) is 7.96. The zero-order chi connectivity index (χ0) is 31.2. The molecule has 4 heteroatoms. The highest BCUT2D eigenvalue weighted by Gasteiger charge is 2.30. The number of halogens is 1. The topological polar surface area (TPSA) is 29.1 Å². The van der Waals surface area contributed by atoms with Crippen LogP contribution in [0.1, 0.15) is 157 Å². The van der Waals surface area contributed by atoms with Crippen molar-refractivity contribution in [3.05, 3.63) is 57.4 Å². The van der Waals surface area contributed by atoms with E-state index in [9.17, 15) is 9.18 Å². The van der Waals surface area contributed by atoms with Gasteiger partial charge in [-0.05, 0) is 92.8 Å². The largest absolute Gasteiger partial charge is 0.321 e. The lowest BCUT2D eigenvalue weighted by molar-refractivity contribution is -0.110. The van der Waals surface area contributed by atoms with Crippen LogP contribution in [0.25, 0.3) is 5.57 Å². The number of anilines is 1. The van der Waals surface area contributed by atoms with Crippen molar-refractivity contribution in [1.82, 2.24) is 0 Å². The molecule has 1 N–H and O–H groups in total. The number of amides is 1. The molecule has 0 bridgehead atoms. The number of benzene rings is 1. The first-order chi connectivity index (χ1) is 19.8. The Balaban J connectivity index is 0.000000834. The van der Waals surface area contributed by atoms with Crippen molar-refractivity contribution in [1.29, 1.82) is 0 Å². The van der Waals surface area contributed by atoms with Gasteiger partial charge in [0.05, 0.1) is 5.57 Å². The summed E-state index contributed by atoms with van der Waals surface area (Å²) in [6.07, 6.45) is 19.3. The number of carbonyl (C=O) groups excluding carboxylic acids is 1. The minimum Gasteiger partial charge on any atom is -0.321 e. The number of allylic oxidation sites excluding steroid dienone is 5. The van der Waals surface area contributed by atoms with Crippen LogP contribution in [0.4, 0.5) is 10.1 Å². The fraction of sp³-hybridized carbons (Fsp3) is 0.622. The van der Waals surface area contributed by atoms with Crippen molar-refractivity contribution in [3.63, 3.8) is 0 Å². The Kier molecular flexibility index (Phi) is 22.3. The first kappa shape index (κ1) is 38.9. The summed E-state index contributed by atoms with van der Waals surface area (Å²) in [4.78, 5) is 12.6. The number of nitrogens with one attached hydrogen (secondary N) is 1. The highest BCUT2D eigenvalue weighted by atomic mass is 32.1. The second-order valence-electron chi connectivity index (χ2n) is 11.2. The molecular weight excluding hydrogens is 525 g/mol. The molecule has 1 aliphatic carbocycles. The predicted molar refractivity (Wildman–Crippen MR) is 185 cm³/mol. The molecule has 232 valence electrons. The van der Waals surface area contributed by atoms with E-state index in [1.807, 2.05) is 0 Å². The zero-order valence-electron chi connectivity index (χ0n) is 27.7. The molecule has 0 atom stereocenters. The Bertz CT molecular complexity index is 994. The normalized spacial score (nSPS) is 16.3. The second-order valence-corrected chi connectivity index (χ2v) is 11.2. The quantitative estimate of drug-likeness (QED) is 0.159. The van der Waals surface area contributed by atoms with Gasteiger partial charge in [-0.25, -0.2) is 4.39 Å². The molecule has 1 aromatic carbocycles. The first-order valence-corrected chi connectivity index (χ1v) is 16.8. The Morgan fingerprint density at radius 1 is 0.854 bits per heavy atom. The van der Waals surface area contributed by atoms with Gasteiger partial charge < -0.3 is 5.32 Å². The standard InChI is InChI=1S/C22H26FNO.C10H22.C4H10.CH2S/c1-5-7-13(2)14(3)17-8-6-9-18(15(17)4)21-19-12-16(23)10-11-20(19)24-22(21)25;1-3-5-7-9-10-8-6-4-2;1-3-4-2;1-2/h10-12H,5-9H2,1-4H3,(H,24,25);3-10H2,1-2H3;3-4H2,1-2H3;1H2/b14-13-,21-18-;;;. The van der Waals surface area contributed by atoms with Gasteiger partial charge in [0.2, 0.25) is 0 Å². The van der Waals surface area contributed by atoms with Gasteiger partial charge in [0.15, 0.2) is 0 Å². The van der Waals surface area contributed by atoms with Crippen LogP contribution < -0.4 is 5.32 Å². The molecule has 3 rings (SSSR count). The molecule has 0 spiro atoms. The van der Waals surface area contributed by atoms with Gasteiger partial charge >= 0.3 is 0 Å². The van der Waals surface area contributed by atoms with E-state index < -0.39 is 0 Å². The van der Waals surface area contributed by atoms with E-state index in [0.29, 0.717) is 16.8 Å². The molecule has 41 heavy (non-hydrogen) atoms. The summed E-state index contributed by atoms with van der Waals surface area (Å²) >= 11 is 3.83. The summed E-state index contributed by atoms with van der Waals surface area (Å²) in [6.45, 7) is 17.6. The molecule has 0 saturated carbocycles. The van der Waals surface area contributed by atoms with Crippen molar-refractivity contribution >= 4 is 35.3 Å². The molecule has 1 aliphatic heterocycles. The lowest BCUT2D eigenvalue weighted by Crippen LogP contribution is -2.10. The fourth-order valence-corrected chi connectivity index (χ4v) is 5.25. The number of carbonyl (C=O) groups is 1. The van der Waals surface area contributed by atoms with Crippen molar-refractivity contribution < 1.29 is 9.18 Å². The van der Waals surface area contributed by atoms with E-state index in [0.717, 1.165) is 37.7 Å². The van der Waals surface area contributed by atoms with Crippen molar-refractivity contribution in [2.75, 3.05) is 5.32 Å². The van der Waals surface area contributed by atoms with Gasteiger partial charge in [-0.3, -0.25) is 4.79 Å². The maximum absolute atomic E-state index is 13.7. The van der Waals surface area contributed by atoms with E-state index in [-0.39, 0.29) is 11.7 Å². The van der Waals surface area contributed by atoms with Crippen LogP contribution in [0.15, 0.2) is 46.1 Å². The molecule has 1 aromatic rings. The Labute approximate surface area is 258 Å². The molecule has 2 aliphatic rings. The number of thiocarbonyl (C=S) groups is 1. The SMILES string of the molecule is C=S.CCC/C(C)=C(/C)C1=C(C)/C(=C2\C(=O)Nc3ccc(F)cc32)CCC1.CCCC.CCCCCCCCCC. The fourth-order valence-electron chi connectivity index (χ4n) is 5.25. The molecule has 0 saturated heterocycles. The average Bonchev–Trinajstić information content (AvgIpc) is 3.31. The number of hydrogen-bond donors (Lipinski definition) is 1. The number of rotatable bonds is 11. The maximum atomic E-state index is 13.7. The van der Waals surface area contributed by atoms with Gasteiger partial charge in [0.25, 0.3) is 5.91 Å². The number of unbranched alkanes of at least 4 members (excludes halogenated alkanes) is 8. The summed E-state index contributed by atoms with van der Waals surface area (Å²) in [5.74, 6) is 2.42. The van der Waals surface area contributed by atoms with Crippen LogP contribution in [-0.4, -0.2) is 11.8 Å². The van der Waals surface area contributed by atoms with Gasteiger partial charge in [-0.2, -0.15) is 0 Å². The third kappa shape index (κ3) is 13.6. The highest BCUT2D eigenvalue weighted by molar-refractivity contribution is 7.77. The number of hydrogen-bond acceptors (Lipinski definition) is 2. The second kappa shape index (κ2) is 23.5. The Morgan fingerprint density at radius 3 is 1.93 bits per heavy atom. The van der Waals surface area contributed by atoms with Gasteiger partial charge in [-0.1, -0.05) is 123 Å². The average molecular weight is 586 g/mol. The van der Waals surface area contributed by atoms with E-state index in [1.54, 1.807) is 6.07 Å². The molecule has 0 unspecified atom stereocenters. The van der Waals surface area contributed by atoms with Gasteiger partial charge in [0, 0.05) is 11.3 Å². The van der Waals surface area contributed by atoms with Crippen molar-refractivity contribution in [3.8, 4) is 0 Å². The van der Waals surface area contributed by atoms with Crippen LogP contribution in [-0.2, 0) is 4.79 Å². The zero-order valence-corrected chi connectivity index (χ0v) is 28.6. The Hall–Kier alpha value is -2.07. The van der Waals surface area contributed by atoms with Crippen molar-refractivity contribution in [2.24, 2.45) is 0 Å². The van der Waals surface area contributed by atoms with Crippen LogP contribution in [0.5, 0.6) is 0 Å². The van der Waals surface area contributed by atoms with E-state index in [1.165, 1.54) is 98.6 Å². The summed E-state index contributed by atoms with van der Waals surface area (Å²) in [5, 5.41) is 2.88. The smallest absolute Gasteiger partial charge is 0.256 e. The van der Waals surface area contributed by atoms with E-state index in [2.05, 4.69) is 78.8 Å². The lowest BCUT2D eigenvalue weighted by atomic mass is 9.80. The molecule has 0 fully saturated rings. The molecule has 1 amide bonds. The summed E-state index contributed by atoms with van der Waals surface area (Å²) in [6, 6.07) is 4.51. The summed E-state index contributed by atoms with van der Waals surface area (Å²) < 4.78 is 13.7. The van der Waals surface area contributed by atoms with Crippen molar-refractivity contribution in [2.45, 2.75) is 152 Å². The summed E-state index contributed by atoms with van der Waals surface area (Å²) in [7, 11) is 0. The van der Waals surface area contributed by atoms with E-state index >= 15 is 0 Å². The number of fused-ring (bicyclic) bond motifs is 1. The monoisotopic (exact) mass is 585 g/mol. The molecular formula is C37H60FNOS. The van der Waals surface area contributed by atoms with Crippen LogP contribution in [0.3, 0.4) is 0 Å². The minimum absolute atomic E-state index is 0.108. The maximum Gasteiger partial charge on any atom is 0.256 e. The minimum atomic E-state index is -0.305. The highest BCUT2D eigenvalue weighted by Crippen LogP contribution is 2.42. The molecule has 0 radical (unpaired) electrons. The first-order valence-electron chi connectivity index (χ1n) is 16.3. The Morgan fingerprint density at radius 2 is 1.41 bits per heavy atom. The van der Waals surface area contributed by atoms with Crippen LogP contribution in [0.2, 0.25) is 0 Å². The molecule has 1 heterocycles. The predicted octanol–water partition coefficient (Wildman–Crippen LogP) is 12.7. The van der Waals surface area contributed by atoms with Crippen LogP contribution in [0, 0.1) is 5.82 Å².